The number of nitrogen functional groups attached to an aromatic ring is 1. The largest absolute Gasteiger partial charge is 0.748 e. The maximum Gasteiger partial charge on any atom is 0.308 e. The van der Waals surface area contributed by atoms with E-state index in [9.17, 15) is 23.1 Å². The zero-order valence-corrected chi connectivity index (χ0v) is 11.6. The smallest absolute Gasteiger partial charge is 0.308 e. The molecule has 1 heterocycles. The minimum absolute atomic E-state index is 0.00852. The second-order valence-electron chi connectivity index (χ2n) is 3.95. The van der Waals surface area contributed by atoms with Crippen molar-refractivity contribution in [2.45, 2.75) is 5.75 Å². The molecule has 0 saturated carbocycles. The molecule has 8 nitrogen and oxygen atoms in total. The molecule has 0 radical (unpaired) electrons. The van der Waals surface area contributed by atoms with Gasteiger partial charge in [0.05, 0.1) is 20.8 Å². The Hall–Kier alpha value is -2.52. The molecule has 0 aliphatic rings. The standard InChI is InChI=1S/C7H8O3S.C5H5N3O2/c8-11(9,10)6-7-4-2-1-3-5-7;6-5-2-1-4(3-7-5)8(9)10/h1-5H,6H2,(H,8,9,10);1-3H,(H2,6,7). The van der Waals surface area contributed by atoms with E-state index >= 15 is 0 Å². The van der Waals surface area contributed by atoms with Crippen LogP contribution in [0.4, 0.5) is 11.5 Å². The molecule has 0 saturated heterocycles. The Labute approximate surface area is 121 Å². The molecule has 1 aromatic carbocycles. The molecule has 0 aliphatic carbocycles. The summed E-state index contributed by atoms with van der Waals surface area (Å²) in [7, 11) is -4.13. The molecule has 0 bridgehead atoms. The van der Waals surface area contributed by atoms with Gasteiger partial charge in [0.2, 0.25) is 0 Å². The van der Waals surface area contributed by atoms with Gasteiger partial charge in [0.25, 0.3) is 5.82 Å². The molecule has 0 unspecified atom stereocenters. The number of nitro groups is 1. The number of benzene rings is 1. The molecule has 2 rings (SSSR count). The van der Waals surface area contributed by atoms with Gasteiger partial charge in [0.15, 0.2) is 6.20 Å². The summed E-state index contributed by atoms with van der Waals surface area (Å²) < 4.78 is 30.7. The number of hydrogen-bond donors (Lipinski definition) is 1. The van der Waals surface area contributed by atoms with Crippen LogP contribution >= 0.6 is 0 Å². The number of rotatable bonds is 3. The maximum atomic E-state index is 10.2. The van der Waals surface area contributed by atoms with Crippen LogP contribution in [0.15, 0.2) is 48.7 Å². The predicted octanol–water partition coefficient (Wildman–Crippen LogP) is 0.723. The second-order valence-corrected chi connectivity index (χ2v) is 5.35. The van der Waals surface area contributed by atoms with Gasteiger partial charge in [-0.15, -0.1) is 0 Å². The van der Waals surface area contributed by atoms with Crippen molar-refractivity contribution in [3.63, 3.8) is 0 Å². The highest BCUT2D eigenvalue weighted by molar-refractivity contribution is 7.84. The van der Waals surface area contributed by atoms with Gasteiger partial charge in [-0.05, 0) is 5.56 Å². The number of nitrogens with one attached hydrogen (secondary N) is 1. The van der Waals surface area contributed by atoms with Crippen LogP contribution in [0, 0.1) is 10.1 Å². The van der Waals surface area contributed by atoms with Gasteiger partial charge in [-0.1, -0.05) is 30.3 Å². The number of anilines is 1. The third-order valence-corrected chi connectivity index (χ3v) is 2.90. The number of H-pyrrole nitrogens is 1. The predicted molar refractivity (Wildman–Crippen MR) is 73.9 cm³/mol. The summed E-state index contributed by atoms with van der Waals surface area (Å²) in [4.78, 5) is 12.1. The van der Waals surface area contributed by atoms with Gasteiger partial charge in [0, 0.05) is 12.1 Å². The van der Waals surface area contributed by atoms with Crippen LogP contribution in [0.1, 0.15) is 5.56 Å². The van der Waals surface area contributed by atoms with Crippen molar-refractivity contribution in [3.05, 3.63) is 64.3 Å². The van der Waals surface area contributed by atoms with Crippen LogP contribution in [-0.2, 0) is 15.9 Å². The SMILES string of the molecule is Nc1ccc([N+](=O)[O-])c[nH+]1.O=S(=O)([O-])Cc1ccccc1. The summed E-state index contributed by atoms with van der Waals surface area (Å²) in [5.41, 5.74) is 5.79. The first-order chi connectivity index (χ1) is 9.78. The van der Waals surface area contributed by atoms with Crippen molar-refractivity contribution in [1.29, 1.82) is 0 Å². The van der Waals surface area contributed by atoms with E-state index in [4.69, 9.17) is 5.73 Å². The summed E-state index contributed by atoms with van der Waals surface area (Å²) in [6.07, 6.45) is 1.25. The van der Waals surface area contributed by atoms with Crippen LogP contribution in [-0.4, -0.2) is 17.9 Å². The summed E-state index contributed by atoms with van der Waals surface area (Å²) in [5, 5.41) is 10.1. The fraction of sp³-hybridized carbons (Fsp3) is 0.0833. The lowest BCUT2D eigenvalue weighted by Gasteiger charge is -2.05. The van der Waals surface area contributed by atoms with E-state index in [1.54, 1.807) is 30.3 Å². The molecule has 0 atom stereocenters. The Morgan fingerprint density at radius 1 is 1.14 bits per heavy atom. The van der Waals surface area contributed by atoms with Crippen molar-refractivity contribution in [2.75, 3.05) is 5.73 Å². The summed E-state index contributed by atoms with van der Waals surface area (Å²) in [6.45, 7) is 0. The molecule has 0 amide bonds. The maximum absolute atomic E-state index is 10.2. The van der Waals surface area contributed by atoms with Crippen molar-refractivity contribution in [1.82, 2.24) is 0 Å². The zero-order chi connectivity index (χ0) is 15.9. The van der Waals surface area contributed by atoms with Crippen molar-refractivity contribution < 1.29 is 22.9 Å². The van der Waals surface area contributed by atoms with Crippen LogP contribution < -0.4 is 10.7 Å². The molecule has 0 fully saturated rings. The lowest BCUT2D eigenvalue weighted by atomic mass is 10.2. The highest BCUT2D eigenvalue weighted by Crippen LogP contribution is 2.05. The highest BCUT2D eigenvalue weighted by atomic mass is 32.2. The van der Waals surface area contributed by atoms with Crippen LogP contribution in [0.25, 0.3) is 0 Å². The quantitative estimate of drug-likeness (QED) is 0.503. The molecule has 112 valence electrons. The average Bonchev–Trinajstić information content (AvgIpc) is 2.39. The number of aromatic amines is 1. The van der Waals surface area contributed by atoms with Crippen LogP contribution in [0.2, 0.25) is 0 Å². The fourth-order valence-electron chi connectivity index (χ4n) is 1.32. The van der Waals surface area contributed by atoms with E-state index in [0.717, 1.165) is 0 Å². The van der Waals surface area contributed by atoms with E-state index < -0.39 is 20.8 Å². The highest BCUT2D eigenvalue weighted by Gasteiger charge is 2.05. The first kappa shape index (κ1) is 16.5. The van der Waals surface area contributed by atoms with Gasteiger partial charge < -0.3 is 4.55 Å². The minimum atomic E-state index is -4.13. The van der Waals surface area contributed by atoms with Crippen LogP contribution in [0.3, 0.4) is 0 Å². The Morgan fingerprint density at radius 3 is 2.19 bits per heavy atom. The van der Waals surface area contributed by atoms with E-state index in [2.05, 4.69) is 4.98 Å². The molecular formula is C12H13N3O5S. The van der Waals surface area contributed by atoms with Gasteiger partial charge in [-0.3, -0.25) is 15.8 Å². The number of nitrogens with two attached hydrogens (primary N) is 1. The first-order valence-corrected chi connectivity index (χ1v) is 7.25. The summed E-state index contributed by atoms with van der Waals surface area (Å²) in [6, 6.07) is 11.1. The summed E-state index contributed by atoms with van der Waals surface area (Å²) >= 11 is 0. The zero-order valence-electron chi connectivity index (χ0n) is 10.8. The minimum Gasteiger partial charge on any atom is -0.748 e. The van der Waals surface area contributed by atoms with Crippen LogP contribution in [0.5, 0.6) is 0 Å². The molecule has 21 heavy (non-hydrogen) atoms. The third-order valence-electron chi connectivity index (χ3n) is 2.22. The molecule has 3 N–H and O–H groups in total. The van der Waals surface area contributed by atoms with Gasteiger partial charge >= 0.3 is 5.69 Å². The molecule has 0 aliphatic heterocycles. The molecule has 1 aromatic heterocycles. The average molecular weight is 311 g/mol. The van der Waals surface area contributed by atoms with E-state index in [1.165, 1.54) is 18.3 Å². The second kappa shape index (κ2) is 7.31. The normalized spacial score (nSPS) is 10.3. The van der Waals surface area contributed by atoms with Gasteiger partial charge in [-0.2, -0.15) is 0 Å². The number of aromatic nitrogens is 1. The monoisotopic (exact) mass is 311 g/mol. The topological polar surface area (TPSA) is 140 Å². The number of hydrogen-bond acceptors (Lipinski definition) is 6. The Bertz CT molecular complexity index is 687. The fourth-order valence-corrected chi connectivity index (χ4v) is 1.92. The number of nitrogens with zero attached hydrogens (tertiary/aromatic N) is 1. The lowest BCUT2D eigenvalue weighted by Crippen LogP contribution is -2.09. The van der Waals surface area contributed by atoms with E-state index in [0.29, 0.717) is 11.4 Å². The van der Waals surface area contributed by atoms with Crippen molar-refractivity contribution in [2.24, 2.45) is 0 Å². The van der Waals surface area contributed by atoms with Gasteiger partial charge in [0.1, 0.15) is 0 Å². The van der Waals surface area contributed by atoms with E-state index in [1.807, 2.05) is 0 Å². The van der Waals surface area contributed by atoms with Gasteiger partial charge in [-0.25, -0.2) is 13.4 Å². The Kier molecular flexibility index (Phi) is 5.76. The summed E-state index contributed by atoms with van der Waals surface area (Å²) in [5.74, 6) is -0.0148. The Balaban J connectivity index is 0.000000211. The van der Waals surface area contributed by atoms with Crippen molar-refractivity contribution in [3.8, 4) is 0 Å². The van der Waals surface area contributed by atoms with E-state index in [-0.39, 0.29) is 5.69 Å². The Morgan fingerprint density at radius 2 is 1.76 bits per heavy atom. The van der Waals surface area contributed by atoms with Crippen molar-refractivity contribution >= 4 is 21.6 Å². The first-order valence-electron chi connectivity index (χ1n) is 5.67. The third kappa shape index (κ3) is 6.99. The molecule has 2 aromatic rings. The molecule has 0 spiro atoms. The number of pyridine rings is 1. The lowest BCUT2D eigenvalue weighted by molar-refractivity contribution is -0.413. The molecular weight excluding hydrogens is 298 g/mol. The molecule has 9 heteroatoms.